The first-order chi connectivity index (χ1) is 16.3. The summed E-state index contributed by atoms with van der Waals surface area (Å²) in [6, 6.07) is 6.35. The van der Waals surface area contributed by atoms with Crippen LogP contribution in [0.4, 0.5) is 14.6 Å². The van der Waals surface area contributed by atoms with E-state index in [4.69, 9.17) is 0 Å². The van der Waals surface area contributed by atoms with Gasteiger partial charge in [-0.2, -0.15) is 5.11 Å². The molecule has 9 heteroatoms. The highest BCUT2D eigenvalue weighted by Crippen LogP contribution is 2.31. The first-order valence-corrected chi connectivity index (χ1v) is 11.3. The zero-order valence-electron chi connectivity index (χ0n) is 20.6. The number of aromatic nitrogens is 1. The van der Waals surface area contributed by atoms with Crippen molar-refractivity contribution in [1.82, 2.24) is 9.88 Å². The Morgan fingerprint density at radius 3 is 2.44 bits per heavy atom. The highest BCUT2D eigenvalue weighted by atomic mass is 19.1. The number of pyridine rings is 1. The van der Waals surface area contributed by atoms with Crippen LogP contribution in [-0.4, -0.2) is 48.9 Å². The van der Waals surface area contributed by atoms with Crippen molar-refractivity contribution in [3.8, 4) is 0 Å². The van der Waals surface area contributed by atoms with Gasteiger partial charge in [0.1, 0.15) is 17.5 Å². The lowest BCUT2D eigenvalue weighted by Crippen LogP contribution is -2.36. The van der Waals surface area contributed by atoms with E-state index in [9.17, 15) is 13.6 Å². The number of benzene rings is 1. The van der Waals surface area contributed by atoms with Crippen LogP contribution in [0, 0.1) is 17.6 Å². The van der Waals surface area contributed by atoms with Gasteiger partial charge < -0.3 is 10.2 Å². The molecule has 0 saturated heterocycles. The fourth-order valence-electron chi connectivity index (χ4n) is 3.70. The third-order valence-electron chi connectivity index (χ3n) is 5.29. The molecule has 0 aliphatic carbocycles. The van der Waals surface area contributed by atoms with Crippen molar-refractivity contribution < 1.29 is 13.6 Å². The van der Waals surface area contributed by atoms with E-state index in [1.54, 1.807) is 26.4 Å². The molecule has 0 atom stereocenters. The molecule has 1 amide bonds. The lowest BCUT2D eigenvalue weighted by molar-refractivity contribution is 0.102. The van der Waals surface area contributed by atoms with Gasteiger partial charge in [0.15, 0.2) is 0 Å². The molecular formula is C25H32F2N6O. The maximum atomic E-state index is 13.9. The largest absolute Gasteiger partial charge is 0.335 e. The number of halogens is 2. The standard InChI is InChI=1S/C23H26F2N6O.C2H6/c1-14(2)17-9-10-31(23(26-3)30-27-4)13-19(17)15-5-8-21(28-12-15)29-22(32)18-7-6-16(24)11-20(18)25;1-2/h5-8,11-12,14H,9-10,13H2,1-4H3,(H,28,29,32);1-2H3. The smallest absolute Gasteiger partial charge is 0.259 e. The zero-order chi connectivity index (χ0) is 25.3. The number of rotatable bonds is 4. The maximum Gasteiger partial charge on any atom is 0.259 e. The number of guanidine groups is 1. The number of hydrogen-bond donors (Lipinski definition) is 1. The van der Waals surface area contributed by atoms with Crippen molar-refractivity contribution in [2.75, 3.05) is 32.5 Å². The maximum absolute atomic E-state index is 13.9. The molecule has 7 nitrogen and oxygen atoms in total. The fourth-order valence-corrected chi connectivity index (χ4v) is 3.70. The van der Waals surface area contributed by atoms with Crippen LogP contribution in [0.15, 0.2) is 57.3 Å². The molecule has 182 valence electrons. The molecule has 0 saturated carbocycles. The molecule has 0 bridgehead atoms. The number of aliphatic imine (C=N–C) groups is 1. The molecule has 0 radical (unpaired) electrons. The van der Waals surface area contributed by atoms with Gasteiger partial charge in [-0.15, -0.1) is 5.11 Å². The number of carbonyl (C=O) groups is 1. The predicted molar refractivity (Wildman–Crippen MR) is 132 cm³/mol. The Labute approximate surface area is 199 Å². The Morgan fingerprint density at radius 1 is 1.15 bits per heavy atom. The Bertz CT molecular complexity index is 1080. The van der Waals surface area contributed by atoms with Gasteiger partial charge in [0.05, 0.1) is 5.56 Å². The molecule has 0 fully saturated rings. The summed E-state index contributed by atoms with van der Waals surface area (Å²) in [6.45, 7) is 9.73. The lowest BCUT2D eigenvalue weighted by atomic mass is 9.88. The van der Waals surface area contributed by atoms with Crippen LogP contribution in [-0.2, 0) is 0 Å². The number of amides is 1. The van der Waals surface area contributed by atoms with Crippen molar-refractivity contribution in [1.29, 1.82) is 0 Å². The molecule has 3 rings (SSSR count). The third kappa shape index (κ3) is 6.52. The van der Waals surface area contributed by atoms with E-state index in [0.717, 1.165) is 36.2 Å². The van der Waals surface area contributed by atoms with E-state index >= 15 is 0 Å². The van der Waals surface area contributed by atoms with Gasteiger partial charge in [0, 0.05) is 39.4 Å². The summed E-state index contributed by atoms with van der Waals surface area (Å²) in [5.41, 5.74) is 3.14. The number of carbonyl (C=O) groups excluding carboxylic acids is 1. The summed E-state index contributed by atoms with van der Waals surface area (Å²) in [5.74, 6) is -1.15. The first-order valence-electron chi connectivity index (χ1n) is 11.3. The Morgan fingerprint density at radius 2 is 1.88 bits per heavy atom. The Balaban J connectivity index is 0.00000199. The van der Waals surface area contributed by atoms with Crippen LogP contribution in [0.2, 0.25) is 0 Å². The van der Waals surface area contributed by atoms with Crippen LogP contribution in [0.3, 0.4) is 0 Å². The van der Waals surface area contributed by atoms with E-state index in [1.807, 2.05) is 19.9 Å². The number of nitrogens with one attached hydrogen (secondary N) is 1. The zero-order valence-corrected chi connectivity index (χ0v) is 20.6. The number of anilines is 1. The Kier molecular flexibility index (Phi) is 9.97. The number of hydrogen-bond acceptors (Lipinski definition) is 4. The number of nitrogens with zero attached hydrogens (tertiary/aromatic N) is 5. The van der Waals surface area contributed by atoms with Crippen LogP contribution in [0.1, 0.15) is 50.0 Å². The second kappa shape index (κ2) is 12.7. The van der Waals surface area contributed by atoms with Crippen LogP contribution >= 0.6 is 0 Å². The molecule has 0 unspecified atom stereocenters. The molecule has 1 aromatic heterocycles. The van der Waals surface area contributed by atoms with Gasteiger partial charge in [0.25, 0.3) is 5.91 Å². The van der Waals surface area contributed by atoms with Crippen LogP contribution in [0.5, 0.6) is 0 Å². The molecule has 1 N–H and O–H groups in total. The van der Waals surface area contributed by atoms with Gasteiger partial charge >= 0.3 is 0 Å². The molecular weight excluding hydrogens is 438 g/mol. The molecule has 0 spiro atoms. The van der Waals surface area contributed by atoms with E-state index in [0.29, 0.717) is 24.5 Å². The van der Waals surface area contributed by atoms with E-state index in [-0.39, 0.29) is 11.4 Å². The summed E-state index contributed by atoms with van der Waals surface area (Å²) in [5, 5.41) is 10.5. The minimum absolute atomic E-state index is 0.249. The van der Waals surface area contributed by atoms with Gasteiger partial charge in [-0.3, -0.25) is 9.79 Å². The van der Waals surface area contributed by atoms with Gasteiger partial charge in [-0.1, -0.05) is 33.3 Å². The molecule has 1 aromatic carbocycles. The second-order valence-corrected chi connectivity index (χ2v) is 7.66. The Hall–Kier alpha value is -3.49. The van der Waals surface area contributed by atoms with Crippen LogP contribution in [0.25, 0.3) is 5.57 Å². The molecule has 2 heterocycles. The van der Waals surface area contributed by atoms with E-state index < -0.39 is 17.5 Å². The molecule has 2 aromatic rings. The monoisotopic (exact) mass is 470 g/mol. The van der Waals surface area contributed by atoms with Crippen LogP contribution < -0.4 is 5.32 Å². The summed E-state index contributed by atoms with van der Waals surface area (Å²) in [4.78, 5) is 23.0. The van der Waals surface area contributed by atoms with Gasteiger partial charge in [-0.05, 0) is 47.7 Å². The van der Waals surface area contributed by atoms with E-state index in [2.05, 4.69) is 44.3 Å². The fraction of sp³-hybridized carbons (Fsp3) is 0.400. The van der Waals surface area contributed by atoms with Crippen molar-refractivity contribution in [3.63, 3.8) is 0 Å². The average Bonchev–Trinajstić information content (AvgIpc) is 2.83. The summed E-state index contributed by atoms with van der Waals surface area (Å²) in [6.07, 6.45) is 2.55. The normalized spacial score (nSPS) is 14.4. The van der Waals surface area contributed by atoms with Crippen molar-refractivity contribution in [3.05, 3.63) is 64.9 Å². The van der Waals surface area contributed by atoms with Gasteiger partial charge in [-0.25, -0.2) is 13.8 Å². The average molecular weight is 471 g/mol. The highest BCUT2D eigenvalue weighted by molar-refractivity contribution is 6.04. The molecule has 34 heavy (non-hydrogen) atoms. The van der Waals surface area contributed by atoms with E-state index in [1.165, 1.54) is 5.57 Å². The predicted octanol–water partition coefficient (Wildman–Crippen LogP) is 5.82. The van der Waals surface area contributed by atoms with Crippen molar-refractivity contribution in [2.45, 2.75) is 34.1 Å². The minimum atomic E-state index is -0.925. The number of azo groups is 1. The summed E-state index contributed by atoms with van der Waals surface area (Å²) >= 11 is 0. The summed E-state index contributed by atoms with van der Waals surface area (Å²) < 4.78 is 26.9. The molecule has 1 aliphatic rings. The van der Waals surface area contributed by atoms with Crippen molar-refractivity contribution >= 4 is 23.3 Å². The first kappa shape index (κ1) is 26.8. The third-order valence-corrected chi connectivity index (χ3v) is 5.29. The SMILES string of the molecule is CC.CN=NC(=NC)N1CCC(C(C)C)=C(c2ccc(NC(=O)c3ccc(F)cc3F)nc2)C1. The second-order valence-electron chi connectivity index (χ2n) is 7.66. The highest BCUT2D eigenvalue weighted by Gasteiger charge is 2.24. The minimum Gasteiger partial charge on any atom is -0.335 e. The van der Waals surface area contributed by atoms with Crippen molar-refractivity contribution in [2.24, 2.45) is 21.1 Å². The lowest BCUT2D eigenvalue weighted by Gasteiger charge is -2.33. The van der Waals surface area contributed by atoms with Gasteiger partial charge in [0.2, 0.25) is 5.96 Å². The molecule has 1 aliphatic heterocycles. The topological polar surface area (TPSA) is 82.3 Å². The summed E-state index contributed by atoms with van der Waals surface area (Å²) in [7, 11) is 3.30. The quantitative estimate of drug-likeness (QED) is 0.347.